The minimum Gasteiger partial charge on any atom is -0.402 e. The lowest BCUT2D eigenvalue weighted by Gasteiger charge is -2.36. The molecule has 3 heteroatoms. The molecule has 0 aromatic carbocycles. The van der Waals surface area contributed by atoms with Crippen LogP contribution in [0.5, 0.6) is 0 Å². The van der Waals surface area contributed by atoms with Gasteiger partial charge in [0, 0.05) is 6.42 Å². The molecule has 0 bridgehead atoms. The second-order valence-electron chi connectivity index (χ2n) is 6.35. The van der Waals surface area contributed by atoms with Gasteiger partial charge >= 0.3 is 0 Å². The van der Waals surface area contributed by atoms with Gasteiger partial charge in [0.05, 0.1) is 0 Å². The highest BCUT2D eigenvalue weighted by atomic mass is 28.4. The normalized spacial score (nSPS) is 27.8. The van der Waals surface area contributed by atoms with E-state index in [4.69, 9.17) is 4.43 Å². The maximum atomic E-state index is 12.5. The molecule has 2 nitrogen and oxygen atoms in total. The molecule has 1 aliphatic carbocycles. The summed E-state index contributed by atoms with van der Waals surface area (Å²) in [4.78, 5) is 12.5. The number of carbonyl (C=O) groups is 1. The molecule has 0 amide bonds. The van der Waals surface area contributed by atoms with Crippen LogP contribution in [0.1, 0.15) is 51.4 Å². The second kappa shape index (κ2) is 6.67. The molecule has 1 rings (SSSR count). The molecular weight excluding hydrogens is 240 g/mol. The van der Waals surface area contributed by atoms with Crippen LogP contribution in [0.15, 0.2) is 12.7 Å². The van der Waals surface area contributed by atoms with Gasteiger partial charge < -0.3 is 4.43 Å². The Morgan fingerprint density at radius 2 is 1.67 bits per heavy atom. The van der Waals surface area contributed by atoms with Crippen LogP contribution in [0.3, 0.4) is 0 Å². The predicted octanol–water partition coefficient (Wildman–Crippen LogP) is 4.47. The van der Waals surface area contributed by atoms with E-state index < -0.39 is 13.9 Å². The van der Waals surface area contributed by atoms with Crippen molar-refractivity contribution in [3.8, 4) is 0 Å². The highest BCUT2D eigenvalue weighted by Gasteiger charge is 2.39. The monoisotopic (exact) mass is 268 g/mol. The highest BCUT2D eigenvalue weighted by molar-refractivity contribution is 6.70. The van der Waals surface area contributed by atoms with Crippen molar-refractivity contribution in [1.82, 2.24) is 0 Å². The van der Waals surface area contributed by atoms with E-state index in [0.29, 0.717) is 6.42 Å². The number of Topliss-reactive ketones (excluding diaryl/α,β-unsaturated/α-hetero) is 1. The van der Waals surface area contributed by atoms with Gasteiger partial charge in [-0.1, -0.05) is 38.3 Å². The van der Waals surface area contributed by atoms with Crippen LogP contribution in [-0.2, 0) is 9.22 Å². The molecule has 0 aliphatic heterocycles. The van der Waals surface area contributed by atoms with Gasteiger partial charge in [-0.25, -0.2) is 0 Å². The number of ketones is 1. The number of hydrogen-bond donors (Lipinski definition) is 0. The van der Waals surface area contributed by atoms with Gasteiger partial charge in [-0.05, 0) is 38.9 Å². The van der Waals surface area contributed by atoms with Gasteiger partial charge in [-0.3, -0.25) is 4.79 Å². The van der Waals surface area contributed by atoms with Gasteiger partial charge in [0.15, 0.2) is 14.1 Å². The molecule has 18 heavy (non-hydrogen) atoms. The zero-order valence-corrected chi connectivity index (χ0v) is 13.3. The zero-order valence-electron chi connectivity index (χ0n) is 12.3. The van der Waals surface area contributed by atoms with Crippen molar-refractivity contribution in [2.75, 3.05) is 0 Å². The van der Waals surface area contributed by atoms with Crippen LogP contribution >= 0.6 is 0 Å². The van der Waals surface area contributed by atoms with Gasteiger partial charge in [-0.2, -0.15) is 0 Å². The molecule has 1 fully saturated rings. The van der Waals surface area contributed by atoms with E-state index in [2.05, 4.69) is 26.2 Å². The summed E-state index contributed by atoms with van der Waals surface area (Å²) in [5.41, 5.74) is -0.693. The Bertz CT molecular complexity index is 293. The fourth-order valence-corrected chi connectivity index (χ4v) is 4.04. The van der Waals surface area contributed by atoms with Crippen molar-refractivity contribution >= 4 is 14.1 Å². The van der Waals surface area contributed by atoms with Crippen molar-refractivity contribution in [3.05, 3.63) is 12.7 Å². The summed E-state index contributed by atoms with van der Waals surface area (Å²) in [6.07, 6.45) is 10.2. The maximum absolute atomic E-state index is 12.5. The van der Waals surface area contributed by atoms with Gasteiger partial charge in [0.2, 0.25) is 0 Å². The van der Waals surface area contributed by atoms with Crippen molar-refractivity contribution in [2.45, 2.75) is 76.6 Å². The minimum atomic E-state index is -1.74. The van der Waals surface area contributed by atoms with E-state index in [-0.39, 0.29) is 5.78 Å². The SMILES string of the molecule is C=CC1(O[Si](C)(C)C)CCCCCCCCC1=O. The molecule has 0 aromatic rings. The van der Waals surface area contributed by atoms with Crippen molar-refractivity contribution in [1.29, 1.82) is 0 Å². The summed E-state index contributed by atoms with van der Waals surface area (Å²) in [7, 11) is -1.74. The Hall–Kier alpha value is -0.413. The standard InChI is InChI=1S/C15H28O2Si/c1-5-15(17-18(2,3)4)13-11-9-7-6-8-10-12-14(15)16/h5H,1,6-13H2,2-4H3. The first-order valence-electron chi connectivity index (χ1n) is 7.27. The van der Waals surface area contributed by atoms with E-state index in [1.807, 2.05) is 0 Å². The molecule has 1 aliphatic rings. The predicted molar refractivity (Wildman–Crippen MR) is 79.3 cm³/mol. The molecule has 0 saturated heterocycles. The molecule has 1 unspecified atom stereocenters. The number of hydrogen-bond acceptors (Lipinski definition) is 2. The molecular formula is C15H28O2Si. The third kappa shape index (κ3) is 4.69. The van der Waals surface area contributed by atoms with Gasteiger partial charge in [0.25, 0.3) is 0 Å². The number of rotatable bonds is 3. The Morgan fingerprint density at radius 1 is 1.11 bits per heavy atom. The maximum Gasteiger partial charge on any atom is 0.185 e. The summed E-state index contributed by atoms with van der Waals surface area (Å²) in [5, 5.41) is 0. The van der Waals surface area contributed by atoms with Crippen molar-refractivity contribution < 1.29 is 9.22 Å². The first kappa shape index (κ1) is 15.6. The summed E-state index contributed by atoms with van der Waals surface area (Å²) >= 11 is 0. The Labute approximate surface area is 113 Å². The average molecular weight is 268 g/mol. The zero-order chi connectivity index (χ0) is 13.6. The van der Waals surface area contributed by atoms with E-state index in [1.54, 1.807) is 6.08 Å². The highest BCUT2D eigenvalue weighted by Crippen LogP contribution is 2.30. The van der Waals surface area contributed by atoms with Crippen LogP contribution in [0.2, 0.25) is 19.6 Å². The molecule has 0 N–H and O–H groups in total. The quantitative estimate of drug-likeness (QED) is 0.558. The van der Waals surface area contributed by atoms with Gasteiger partial charge in [0.1, 0.15) is 5.60 Å². The van der Waals surface area contributed by atoms with Crippen LogP contribution in [0, 0.1) is 0 Å². The third-order valence-corrected chi connectivity index (χ3v) is 4.47. The lowest BCUT2D eigenvalue weighted by molar-refractivity contribution is -0.132. The lowest BCUT2D eigenvalue weighted by Crippen LogP contribution is -2.47. The first-order chi connectivity index (χ1) is 8.40. The molecule has 0 heterocycles. The lowest BCUT2D eigenvalue weighted by atomic mass is 9.87. The fraction of sp³-hybridized carbons (Fsp3) is 0.800. The van der Waals surface area contributed by atoms with E-state index in [0.717, 1.165) is 19.3 Å². The number of carbonyl (C=O) groups excluding carboxylic acids is 1. The smallest absolute Gasteiger partial charge is 0.185 e. The summed E-state index contributed by atoms with van der Waals surface area (Å²) < 4.78 is 6.23. The Morgan fingerprint density at radius 3 is 2.22 bits per heavy atom. The minimum absolute atomic E-state index is 0.252. The van der Waals surface area contributed by atoms with Crippen LogP contribution in [0.4, 0.5) is 0 Å². The third-order valence-electron chi connectivity index (χ3n) is 3.49. The van der Waals surface area contributed by atoms with Crippen LogP contribution < -0.4 is 0 Å². The van der Waals surface area contributed by atoms with E-state index in [1.165, 1.54) is 25.7 Å². The van der Waals surface area contributed by atoms with Crippen molar-refractivity contribution in [2.24, 2.45) is 0 Å². The Kier molecular flexibility index (Phi) is 5.79. The topological polar surface area (TPSA) is 26.3 Å². The molecule has 104 valence electrons. The average Bonchev–Trinajstić information content (AvgIpc) is 2.28. The molecule has 0 radical (unpaired) electrons. The largest absolute Gasteiger partial charge is 0.402 e. The Balaban J connectivity index is 2.85. The van der Waals surface area contributed by atoms with Gasteiger partial charge in [-0.15, -0.1) is 0 Å². The van der Waals surface area contributed by atoms with E-state index in [9.17, 15) is 4.79 Å². The molecule has 1 atom stereocenters. The molecule has 0 aromatic heterocycles. The van der Waals surface area contributed by atoms with Crippen LogP contribution in [-0.4, -0.2) is 19.7 Å². The van der Waals surface area contributed by atoms with E-state index >= 15 is 0 Å². The summed E-state index contributed by atoms with van der Waals surface area (Å²) in [6, 6.07) is 0. The van der Waals surface area contributed by atoms with Crippen molar-refractivity contribution in [3.63, 3.8) is 0 Å². The van der Waals surface area contributed by atoms with Crippen LogP contribution in [0.25, 0.3) is 0 Å². The molecule has 1 saturated carbocycles. The summed E-state index contributed by atoms with van der Waals surface area (Å²) in [6.45, 7) is 10.3. The molecule has 0 spiro atoms. The fourth-order valence-electron chi connectivity index (χ4n) is 2.64. The first-order valence-corrected chi connectivity index (χ1v) is 10.7. The second-order valence-corrected chi connectivity index (χ2v) is 10.8. The summed E-state index contributed by atoms with van der Waals surface area (Å²) in [5.74, 6) is 0.252.